The second-order valence-electron chi connectivity index (χ2n) is 7.40. The average Bonchev–Trinajstić information content (AvgIpc) is 3.09. The summed E-state index contributed by atoms with van der Waals surface area (Å²) in [7, 11) is 0. The normalized spacial score (nSPS) is 19.6. The Balaban J connectivity index is 1.35. The first-order chi connectivity index (χ1) is 14.3. The summed E-state index contributed by atoms with van der Waals surface area (Å²) in [5.41, 5.74) is 4.77. The fourth-order valence-electron chi connectivity index (χ4n) is 3.97. The van der Waals surface area contributed by atoms with E-state index < -0.39 is 5.92 Å². The van der Waals surface area contributed by atoms with E-state index in [1.54, 1.807) is 12.4 Å². The number of nitrogens with one attached hydrogen (secondary N) is 1. The monoisotopic (exact) mass is 386 g/mol. The maximum Gasteiger partial charge on any atom is 0.237 e. The van der Waals surface area contributed by atoms with Gasteiger partial charge in [-0.05, 0) is 35.9 Å². The van der Waals surface area contributed by atoms with Gasteiger partial charge in [0.1, 0.15) is 5.92 Å². The van der Waals surface area contributed by atoms with E-state index in [-0.39, 0.29) is 5.91 Å². The molecule has 3 heterocycles. The van der Waals surface area contributed by atoms with Crippen LogP contribution in [0.3, 0.4) is 0 Å². The van der Waals surface area contributed by atoms with Crippen molar-refractivity contribution in [2.75, 3.05) is 31.6 Å². The Morgan fingerprint density at radius 1 is 1.14 bits per heavy atom. The number of anilines is 1. The third-order valence-corrected chi connectivity index (χ3v) is 5.50. The van der Waals surface area contributed by atoms with Gasteiger partial charge in [-0.1, -0.05) is 18.2 Å². The lowest BCUT2D eigenvalue weighted by Crippen LogP contribution is -2.35. The number of aliphatic imine (C=N–C) groups is 1. The van der Waals surface area contributed by atoms with E-state index in [1.807, 2.05) is 36.4 Å². The molecule has 0 bridgehead atoms. The molecule has 29 heavy (non-hydrogen) atoms. The molecule has 1 unspecified atom stereocenters. The van der Waals surface area contributed by atoms with Crippen LogP contribution >= 0.6 is 0 Å². The fraction of sp³-hybridized carbons (Fsp3) is 0.261. The zero-order chi connectivity index (χ0) is 19.6. The predicted molar refractivity (Wildman–Crippen MR) is 114 cm³/mol. The van der Waals surface area contributed by atoms with Gasteiger partial charge in [0.2, 0.25) is 5.91 Å². The summed E-state index contributed by atoms with van der Waals surface area (Å²) in [4.78, 5) is 23.9. The van der Waals surface area contributed by atoms with Crippen molar-refractivity contribution >= 4 is 34.4 Å². The van der Waals surface area contributed by atoms with Crippen LogP contribution in [0.15, 0.2) is 59.7 Å². The van der Waals surface area contributed by atoms with E-state index in [9.17, 15) is 4.79 Å². The van der Waals surface area contributed by atoms with Crippen LogP contribution in [0.25, 0.3) is 10.9 Å². The van der Waals surface area contributed by atoms with E-state index in [2.05, 4.69) is 32.3 Å². The maximum absolute atomic E-state index is 12.5. The summed E-state index contributed by atoms with van der Waals surface area (Å²) in [5.74, 6) is -0.463. The van der Waals surface area contributed by atoms with Crippen molar-refractivity contribution in [3.05, 3.63) is 65.9 Å². The van der Waals surface area contributed by atoms with Gasteiger partial charge in [-0.2, -0.15) is 0 Å². The number of rotatable bonds is 4. The molecule has 1 amide bonds. The Morgan fingerprint density at radius 2 is 1.97 bits per heavy atom. The van der Waals surface area contributed by atoms with Crippen molar-refractivity contribution in [3.63, 3.8) is 0 Å². The Bertz CT molecular complexity index is 1070. The summed E-state index contributed by atoms with van der Waals surface area (Å²) in [5, 5.41) is 3.94. The van der Waals surface area contributed by atoms with Gasteiger partial charge >= 0.3 is 0 Å². The summed E-state index contributed by atoms with van der Waals surface area (Å²) < 4.78 is 5.40. The second-order valence-corrected chi connectivity index (χ2v) is 7.40. The molecule has 0 radical (unpaired) electrons. The highest BCUT2D eigenvalue weighted by atomic mass is 16.5. The molecular weight excluding hydrogens is 364 g/mol. The molecule has 0 spiro atoms. The minimum atomic E-state index is -0.411. The molecule has 0 saturated carbocycles. The highest BCUT2D eigenvalue weighted by molar-refractivity contribution is 6.16. The molecule has 3 aromatic rings. The van der Waals surface area contributed by atoms with Crippen molar-refractivity contribution in [1.29, 1.82) is 0 Å². The Morgan fingerprint density at radius 3 is 2.79 bits per heavy atom. The number of amides is 1. The number of ether oxygens (including phenoxy) is 1. The van der Waals surface area contributed by atoms with Gasteiger partial charge in [-0.25, -0.2) is 0 Å². The zero-order valence-corrected chi connectivity index (χ0v) is 16.0. The van der Waals surface area contributed by atoms with E-state index >= 15 is 0 Å². The first-order valence-electron chi connectivity index (χ1n) is 9.90. The number of carbonyl (C=O) groups excluding carboxylic acids is 1. The molecule has 1 N–H and O–H groups in total. The van der Waals surface area contributed by atoms with Crippen LogP contribution in [0.2, 0.25) is 0 Å². The Kier molecular flexibility index (Phi) is 4.79. The molecule has 5 rings (SSSR count). The number of carbonyl (C=O) groups is 1. The van der Waals surface area contributed by atoms with Crippen LogP contribution in [-0.4, -0.2) is 48.3 Å². The minimum Gasteiger partial charge on any atom is -0.379 e. The fourth-order valence-corrected chi connectivity index (χ4v) is 3.97. The first kappa shape index (κ1) is 18.0. The van der Waals surface area contributed by atoms with Crippen LogP contribution in [0, 0.1) is 0 Å². The van der Waals surface area contributed by atoms with E-state index in [4.69, 9.17) is 4.74 Å². The SMILES string of the molecule is O=C1Nc2ccc3ncccc3c2C1C=Nc1ccc(CN2CCOCC2)cc1. The number of hydrogen-bond acceptors (Lipinski definition) is 5. The van der Waals surface area contributed by atoms with Crippen molar-refractivity contribution in [2.45, 2.75) is 12.5 Å². The van der Waals surface area contributed by atoms with Gasteiger partial charge < -0.3 is 10.1 Å². The quantitative estimate of drug-likeness (QED) is 0.697. The third kappa shape index (κ3) is 3.64. The summed E-state index contributed by atoms with van der Waals surface area (Å²) >= 11 is 0. The van der Waals surface area contributed by atoms with Gasteiger partial charge in [0, 0.05) is 48.7 Å². The number of aromatic nitrogens is 1. The molecule has 6 heteroatoms. The predicted octanol–water partition coefficient (Wildman–Crippen LogP) is 3.51. The molecule has 1 aromatic heterocycles. The van der Waals surface area contributed by atoms with Crippen LogP contribution in [0.1, 0.15) is 17.0 Å². The topological polar surface area (TPSA) is 66.8 Å². The number of fused-ring (bicyclic) bond motifs is 3. The van der Waals surface area contributed by atoms with Gasteiger partial charge in [0.15, 0.2) is 0 Å². The molecule has 2 aliphatic rings. The van der Waals surface area contributed by atoms with E-state index in [0.29, 0.717) is 0 Å². The summed E-state index contributed by atoms with van der Waals surface area (Å²) in [6.07, 6.45) is 3.51. The van der Waals surface area contributed by atoms with Crippen LogP contribution in [0.4, 0.5) is 11.4 Å². The molecule has 6 nitrogen and oxygen atoms in total. The smallest absolute Gasteiger partial charge is 0.237 e. The number of morpholine rings is 1. The highest BCUT2D eigenvalue weighted by Crippen LogP contribution is 2.37. The average molecular weight is 386 g/mol. The summed E-state index contributed by atoms with van der Waals surface area (Å²) in [6, 6.07) is 16.0. The maximum atomic E-state index is 12.5. The molecule has 1 atom stereocenters. The minimum absolute atomic E-state index is 0.0518. The number of pyridine rings is 1. The van der Waals surface area contributed by atoms with Gasteiger partial charge in [0.05, 0.1) is 24.4 Å². The van der Waals surface area contributed by atoms with Gasteiger partial charge in [-0.15, -0.1) is 0 Å². The molecular formula is C23H22N4O2. The highest BCUT2D eigenvalue weighted by Gasteiger charge is 2.31. The Hall–Kier alpha value is -3.09. The van der Waals surface area contributed by atoms with Crippen LogP contribution in [-0.2, 0) is 16.1 Å². The third-order valence-electron chi connectivity index (χ3n) is 5.50. The van der Waals surface area contributed by atoms with Crippen LogP contribution < -0.4 is 5.32 Å². The largest absolute Gasteiger partial charge is 0.379 e. The molecule has 146 valence electrons. The Labute approximate surface area is 169 Å². The van der Waals surface area contributed by atoms with Crippen molar-refractivity contribution in [3.8, 4) is 0 Å². The lowest BCUT2D eigenvalue weighted by Gasteiger charge is -2.26. The van der Waals surface area contributed by atoms with E-state index in [0.717, 1.165) is 60.7 Å². The van der Waals surface area contributed by atoms with Crippen molar-refractivity contribution in [1.82, 2.24) is 9.88 Å². The van der Waals surface area contributed by atoms with Gasteiger partial charge in [0.25, 0.3) is 0 Å². The number of nitrogens with zero attached hydrogens (tertiary/aromatic N) is 3. The van der Waals surface area contributed by atoms with Crippen molar-refractivity contribution in [2.24, 2.45) is 4.99 Å². The van der Waals surface area contributed by atoms with Crippen LogP contribution in [0.5, 0.6) is 0 Å². The number of benzene rings is 2. The molecule has 2 aliphatic heterocycles. The standard InChI is InChI=1S/C23H22N4O2/c28-23-19(22-18-2-1-9-24-20(18)7-8-21(22)26-23)14-25-17-5-3-16(4-6-17)15-27-10-12-29-13-11-27/h1-9,14,19H,10-13,15H2,(H,26,28). The second kappa shape index (κ2) is 7.73. The van der Waals surface area contributed by atoms with E-state index in [1.165, 1.54) is 5.56 Å². The lowest BCUT2D eigenvalue weighted by atomic mass is 9.97. The van der Waals surface area contributed by atoms with Gasteiger partial charge in [-0.3, -0.25) is 19.7 Å². The zero-order valence-electron chi connectivity index (χ0n) is 16.0. The number of hydrogen-bond donors (Lipinski definition) is 1. The lowest BCUT2D eigenvalue weighted by molar-refractivity contribution is -0.115. The van der Waals surface area contributed by atoms with Crippen molar-refractivity contribution < 1.29 is 9.53 Å². The summed E-state index contributed by atoms with van der Waals surface area (Å²) in [6.45, 7) is 4.47. The molecule has 2 aromatic carbocycles. The molecule has 1 fully saturated rings. The molecule has 0 aliphatic carbocycles. The molecule has 1 saturated heterocycles. The first-order valence-corrected chi connectivity index (χ1v) is 9.90.